The third kappa shape index (κ3) is 4.30. The molecule has 7 heteroatoms. The summed E-state index contributed by atoms with van der Waals surface area (Å²) < 4.78 is 10.8. The number of ether oxygens (including phenoxy) is 2. The predicted molar refractivity (Wildman–Crippen MR) is 65.3 cm³/mol. The number of anilines is 2. The Morgan fingerprint density at radius 1 is 1.50 bits per heavy atom. The Morgan fingerprint density at radius 3 is 2.81 bits per heavy atom. The van der Waals surface area contributed by atoms with Gasteiger partial charge in [-0.3, -0.25) is 0 Å². The molecule has 0 amide bonds. The summed E-state index contributed by atoms with van der Waals surface area (Å²) >= 11 is 3.24. The first-order valence-corrected chi connectivity index (χ1v) is 5.50. The van der Waals surface area contributed by atoms with Gasteiger partial charge in [-0.25, -0.2) is 4.98 Å². The lowest BCUT2D eigenvalue weighted by Crippen LogP contribution is -2.27. The maximum Gasteiger partial charge on any atom is 0.225 e. The van der Waals surface area contributed by atoms with Gasteiger partial charge in [0.25, 0.3) is 0 Å². The van der Waals surface area contributed by atoms with Gasteiger partial charge in [0.2, 0.25) is 5.95 Å². The summed E-state index contributed by atoms with van der Waals surface area (Å²) in [6, 6.07) is 1.63. The first kappa shape index (κ1) is 13.1. The lowest BCUT2D eigenvalue weighted by atomic mass is 10.4. The van der Waals surface area contributed by atoms with Gasteiger partial charge in [0.05, 0.1) is 12.7 Å². The summed E-state index contributed by atoms with van der Waals surface area (Å²) in [7, 11) is 3.25. The van der Waals surface area contributed by atoms with E-state index in [9.17, 15) is 0 Å². The Bertz CT molecular complexity index is 317. The van der Waals surface area contributed by atoms with E-state index in [1.807, 2.05) is 0 Å². The molecule has 1 atom stereocenters. The lowest BCUT2D eigenvalue weighted by Gasteiger charge is -2.14. The number of halogens is 1. The van der Waals surface area contributed by atoms with Crippen molar-refractivity contribution in [2.24, 2.45) is 0 Å². The smallest absolute Gasteiger partial charge is 0.225 e. The summed E-state index contributed by atoms with van der Waals surface area (Å²) in [6.45, 7) is 1.06. The lowest BCUT2D eigenvalue weighted by molar-refractivity contribution is 0.0365. The number of nitrogens with one attached hydrogen (secondary N) is 1. The highest BCUT2D eigenvalue weighted by molar-refractivity contribution is 9.10. The molecule has 1 aromatic rings. The zero-order chi connectivity index (χ0) is 12.0. The van der Waals surface area contributed by atoms with E-state index >= 15 is 0 Å². The number of nitrogens with two attached hydrogens (primary N) is 1. The monoisotopic (exact) mass is 290 g/mol. The third-order valence-corrected chi connectivity index (χ3v) is 2.29. The maximum atomic E-state index is 5.58. The largest absolute Gasteiger partial charge is 0.383 e. The fourth-order valence-corrected chi connectivity index (χ4v) is 1.52. The van der Waals surface area contributed by atoms with E-state index in [-0.39, 0.29) is 6.10 Å². The van der Waals surface area contributed by atoms with Crippen LogP contribution in [0.5, 0.6) is 0 Å². The van der Waals surface area contributed by atoms with Crippen molar-refractivity contribution in [1.29, 1.82) is 0 Å². The van der Waals surface area contributed by atoms with Crippen LogP contribution in [-0.2, 0) is 9.47 Å². The van der Waals surface area contributed by atoms with Gasteiger partial charge in [0.15, 0.2) is 0 Å². The molecule has 0 aromatic carbocycles. The number of nitrogen functional groups attached to an aromatic ring is 1. The minimum Gasteiger partial charge on any atom is -0.383 e. The molecule has 1 aromatic heterocycles. The molecule has 0 aliphatic rings. The van der Waals surface area contributed by atoms with E-state index < -0.39 is 0 Å². The van der Waals surface area contributed by atoms with Crippen molar-refractivity contribution in [2.45, 2.75) is 6.10 Å². The van der Waals surface area contributed by atoms with Gasteiger partial charge < -0.3 is 20.5 Å². The molecule has 0 saturated carbocycles. The van der Waals surface area contributed by atoms with Gasteiger partial charge in [-0.1, -0.05) is 0 Å². The Morgan fingerprint density at radius 2 is 2.25 bits per heavy atom. The summed E-state index contributed by atoms with van der Waals surface area (Å²) in [5.41, 5.74) is 5.58. The summed E-state index contributed by atoms with van der Waals surface area (Å²) in [5.74, 6) is 0.870. The molecular weight excluding hydrogens is 276 g/mol. The first-order valence-electron chi connectivity index (χ1n) is 4.71. The summed E-state index contributed by atoms with van der Waals surface area (Å²) in [6.07, 6.45) is -0.0474. The SMILES string of the molecule is COCC(CNc1nc(N)cc(Br)n1)OC. The quantitative estimate of drug-likeness (QED) is 0.758. The fourth-order valence-electron chi connectivity index (χ4n) is 1.12. The van der Waals surface area contributed by atoms with Crippen LogP contribution < -0.4 is 11.1 Å². The van der Waals surface area contributed by atoms with E-state index in [2.05, 4.69) is 31.2 Å². The van der Waals surface area contributed by atoms with Crippen LogP contribution in [0.1, 0.15) is 0 Å². The molecule has 1 unspecified atom stereocenters. The van der Waals surface area contributed by atoms with Crippen LogP contribution in [0.15, 0.2) is 10.7 Å². The van der Waals surface area contributed by atoms with Crippen molar-refractivity contribution in [3.63, 3.8) is 0 Å². The first-order chi connectivity index (χ1) is 7.65. The minimum atomic E-state index is -0.0474. The van der Waals surface area contributed by atoms with Crippen LogP contribution in [0.3, 0.4) is 0 Å². The van der Waals surface area contributed by atoms with Gasteiger partial charge in [-0.2, -0.15) is 4.98 Å². The molecule has 3 N–H and O–H groups in total. The van der Waals surface area contributed by atoms with Crippen LogP contribution in [0, 0.1) is 0 Å². The average molecular weight is 291 g/mol. The maximum absolute atomic E-state index is 5.58. The second-order valence-corrected chi connectivity index (χ2v) is 3.95. The molecule has 0 saturated heterocycles. The van der Waals surface area contributed by atoms with Crippen LogP contribution in [0.4, 0.5) is 11.8 Å². The molecule has 0 aliphatic heterocycles. The summed E-state index contributed by atoms with van der Waals surface area (Å²) in [4.78, 5) is 8.15. The van der Waals surface area contributed by atoms with E-state index in [4.69, 9.17) is 15.2 Å². The van der Waals surface area contributed by atoms with Crippen molar-refractivity contribution in [2.75, 3.05) is 38.4 Å². The van der Waals surface area contributed by atoms with E-state index in [0.29, 0.717) is 29.5 Å². The molecular formula is C9H15BrN4O2. The molecule has 0 radical (unpaired) electrons. The van der Waals surface area contributed by atoms with Gasteiger partial charge in [0, 0.05) is 26.8 Å². The highest BCUT2D eigenvalue weighted by atomic mass is 79.9. The molecule has 0 bridgehead atoms. The number of hydrogen-bond donors (Lipinski definition) is 2. The van der Waals surface area contributed by atoms with E-state index in [1.165, 1.54) is 0 Å². The number of nitrogens with zero attached hydrogens (tertiary/aromatic N) is 2. The second kappa shape index (κ2) is 6.62. The molecule has 6 nitrogen and oxygen atoms in total. The van der Waals surface area contributed by atoms with Crippen molar-refractivity contribution in [3.05, 3.63) is 10.7 Å². The average Bonchev–Trinajstić information content (AvgIpc) is 2.23. The van der Waals surface area contributed by atoms with Crippen molar-refractivity contribution >= 4 is 27.7 Å². The molecule has 0 spiro atoms. The normalized spacial score (nSPS) is 12.4. The second-order valence-electron chi connectivity index (χ2n) is 3.13. The Kier molecular flexibility index (Phi) is 5.44. The van der Waals surface area contributed by atoms with Crippen LogP contribution in [0.2, 0.25) is 0 Å². The standard InChI is InChI=1S/C9H15BrN4O2/c1-15-5-6(16-2)4-12-9-13-7(10)3-8(11)14-9/h3,6H,4-5H2,1-2H3,(H3,11,12,13,14). The van der Waals surface area contributed by atoms with E-state index in [0.717, 1.165) is 0 Å². The van der Waals surface area contributed by atoms with E-state index in [1.54, 1.807) is 20.3 Å². The van der Waals surface area contributed by atoms with Gasteiger partial charge >= 0.3 is 0 Å². The Balaban J connectivity index is 2.52. The molecule has 1 heterocycles. The van der Waals surface area contributed by atoms with Crippen molar-refractivity contribution in [1.82, 2.24) is 9.97 Å². The highest BCUT2D eigenvalue weighted by Gasteiger charge is 2.07. The highest BCUT2D eigenvalue weighted by Crippen LogP contribution is 2.12. The molecule has 1 rings (SSSR count). The topological polar surface area (TPSA) is 82.3 Å². The zero-order valence-corrected chi connectivity index (χ0v) is 10.8. The van der Waals surface area contributed by atoms with Crippen LogP contribution >= 0.6 is 15.9 Å². The summed E-state index contributed by atoms with van der Waals surface area (Å²) in [5, 5.41) is 3.02. The fraction of sp³-hybridized carbons (Fsp3) is 0.556. The number of aromatic nitrogens is 2. The van der Waals surface area contributed by atoms with Gasteiger partial charge in [-0.15, -0.1) is 0 Å². The molecule has 90 valence electrons. The Labute approximate surface area is 103 Å². The van der Waals surface area contributed by atoms with Crippen LogP contribution in [0.25, 0.3) is 0 Å². The van der Waals surface area contributed by atoms with Crippen LogP contribution in [-0.4, -0.2) is 43.4 Å². The third-order valence-electron chi connectivity index (χ3n) is 1.89. The predicted octanol–water partition coefficient (Wildman–Crippen LogP) is 0.895. The van der Waals surface area contributed by atoms with Gasteiger partial charge in [-0.05, 0) is 15.9 Å². The zero-order valence-electron chi connectivity index (χ0n) is 9.24. The van der Waals surface area contributed by atoms with Crippen molar-refractivity contribution < 1.29 is 9.47 Å². The molecule has 0 fully saturated rings. The Hall–Kier alpha value is -0.920. The molecule has 16 heavy (non-hydrogen) atoms. The number of rotatable bonds is 6. The van der Waals surface area contributed by atoms with Crippen molar-refractivity contribution in [3.8, 4) is 0 Å². The van der Waals surface area contributed by atoms with Gasteiger partial charge in [0.1, 0.15) is 10.4 Å². The number of hydrogen-bond acceptors (Lipinski definition) is 6. The molecule has 0 aliphatic carbocycles. The number of methoxy groups -OCH3 is 2. The minimum absolute atomic E-state index is 0.0474.